The molecule has 2 saturated heterocycles. The smallest absolute Gasteiger partial charge is 0.332 e. The second-order valence-electron chi connectivity index (χ2n) is 17.3. The maximum absolute atomic E-state index is 15.4. The third-order valence-corrected chi connectivity index (χ3v) is 15.3. The van der Waals surface area contributed by atoms with E-state index in [-0.39, 0.29) is 53.1 Å². The summed E-state index contributed by atoms with van der Waals surface area (Å²) in [6.45, 7) is 10.8. The van der Waals surface area contributed by atoms with Crippen LogP contribution in [-0.4, -0.2) is 111 Å². The van der Waals surface area contributed by atoms with E-state index in [0.29, 0.717) is 61.5 Å². The van der Waals surface area contributed by atoms with Gasteiger partial charge in [-0.05, 0) is 84.8 Å². The maximum Gasteiger partial charge on any atom is 0.332 e. The van der Waals surface area contributed by atoms with Gasteiger partial charge in [0.15, 0.2) is 11.4 Å². The van der Waals surface area contributed by atoms with Gasteiger partial charge in [0.1, 0.15) is 41.7 Å². The number of carbonyl (C=O) groups is 1. The Morgan fingerprint density at radius 2 is 1.84 bits per heavy atom. The Morgan fingerprint density at radius 3 is 2.57 bits per heavy atom. The van der Waals surface area contributed by atoms with Crippen molar-refractivity contribution in [2.24, 2.45) is 11.1 Å². The lowest BCUT2D eigenvalue weighted by Crippen LogP contribution is -2.63. The number of quaternary nitrogens is 1. The number of primary amides is 1. The number of nitrogens with zero attached hydrogens (tertiary/aromatic N) is 5. The van der Waals surface area contributed by atoms with E-state index >= 15 is 8.42 Å². The number of halogens is 1. The lowest BCUT2D eigenvalue weighted by molar-refractivity contribution is -0.386. The number of rotatable bonds is 14. The van der Waals surface area contributed by atoms with Crippen LogP contribution in [0.5, 0.6) is 17.2 Å². The molecule has 15 nitrogen and oxygen atoms in total. The number of piperazine rings is 1. The van der Waals surface area contributed by atoms with Gasteiger partial charge >= 0.3 is 15.7 Å². The topological polar surface area (TPSA) is 183 Å². The fourth-order valence-corrected chi connectivity index (χ4v) is 11.1. The zero-order valence-corrected chi connectivity index (χ0v) is 37.3. The van der Waals surface area contributed by atoms with Gasteiger partial charge in [-0.3, -0.25) is 24.7 Å². The molecule has 0 radical (unpaired) electrons. The number of hydrogen-bond acceptors (Lipinski definition) is 11. The summed E-state index contributed by atoms with van der Waals surface area (Å²) in [7, 11) is -4.46. The molecule has 0 spiro atoms. The molecule has 5 aromatic rings. The van der Waals surface area contributed by atoms with Gasteiger partial charge in [0.2, 0.25) is 0 Å². The molecule has 1 unspecified atom stereocenters. The van der Waals surface area contributed by atoms with E-state index in [0.717, 1.165) is 42.8 Å². The summed E-state index contributed by atoms with van der Waals surface area (Å²) in [5.74, 6) is -0.432. The molecule has 4 heterocycles. The number of H-pyrrole nitrogens is 1. The number of nitro benzene ring substituents is 1. The molecule has 1 atom stereocenters. The first-order valence-electron chi connectivity index (χ1n) is 21.3. The van der Waals surface area contributed by atoms with Crippen LogP contribution in [0.15, 0.2) is 95.7 Å². The third kappa shape index (κ3) is 9.19. The average molecular weight is 899 g/mol. The van der Waals surface area contributed by atoms with Crippen LogP contribution < -0.4 is 19.1 Å². The quantitative estimate of drug-likeness (QED) is 0.0630. The van der Waals surface area contributed by atoms with Crippen LogP contribution in [0.25, 0.3) is 16.6 Å². The number of benzene rings is 3. The summed E-state index contributed by atoms with van der Waals surface area (Å²) < 4.78 is 48.2. The van der Waals surface area contributed by atoms with Crippen molar-refractivity contribution in [3.05, 3.63) is 117 Å². The summed E-state index contributed by atoms with van der Waals surface area (Å²) in [6.07, 6.45) is 6.07. The van der Waals surface area contributed by atoms with Gasteiger partial charge in [-0.15, -0.1) is 0 Å². The van der Waals surface area contributed by atoms with E-state index in [1.807, 2.05) is 25.1 Å². The van der Waals surface area contributed by atoms with Crippen molar-refractivity contribution in [1.29, 1.82) is 0 Å². The van der Waals surface area contributed by atoms with Gasteiger partial charge in [-0.1, -0.05) is 50.1 Å². The zero-order chi connectivity index (χ0) is 44.5. The summed E-state index contributed by atoms with van der Waals surface area (Å²) in [6, 6.07) is 19.8. The van der Waals surface area contributed by atoms with Gasteiger partial charge in [-0.2, -0.15) is 12.3 Å². The maximum atomic E-state index is 15.4. The SMILES string of the molecule is CCN1CCOCC1COc1ccc(S(=O)(=O)[N+]2(c3ccc(C(N)=O)c(Oc4cnc5[nH]ccc5c4)c3)CCN(CC3=C(c4ccc(Cl)cc4)CC(C)(C)CC3)CC2)cc1[N+](=O)[O-]. The number of fused-ring (bicyclic) bond motifs is 1. The van der Waals surface area contributed by atoms with Crippen LogP contribution in [-0.2, 0) is 14.8 Å². The molecule has 3 aromatic carbocycles. The molecule has 63 heavy (non-hydrogen) atoms. The van der Waals surface area contributed by atoms with Gasteiger partial charge in [0.25, 0.3) is 5.91 Å². The number of aromatic amines is 1. The van der Waals surface area contributed by atoms with Gasteiger partial charge in [-0.25, -0.2) is 4.98 Å². The molecular weight excluding hydrogens is 846 g/mol. The number of carbonyl (C=O) groups excluding carboxylic acids is 1. The number of aromatic nitrogens is 2. The number of nitro groups is 1. The highest BCUT2D eigenvalue weighted by Crippen LogP contribution is 2.45. The monoisotopic (exact) mass is 898 g/mol. The fourth-order valence-electron chi connectivity index (χ4n) is 9.08. The number of nitrogens with two attached hydrogens (primary N) is 1. The molecule has 1 amide bonds. The van der Waals surface area contributed by atoms with Crippen molar-refractivity contribution in [2.75, 3.05) is 65.6 Å². The lowest BCUT2D eigenvalue weighted by atomic mass is 9.72. The Kier molecular flexibility index (Phi) is 12.7. The van der Waals surface area contributed by atoms with E-state index in [4.69, 9.17) is 31.5 Å². The first-order chi connectivity index (χ1) is 30.2. The number of allylic oxidation sites excluding steroid dienone is 1. The predicted octanol–water partition coefficient (Wildman–Crippen LogP) is 7.79. The number of morpholine rings is 1. The summed E-state index contributed by atoms with van der Waals surface area (Å²) >= 11 is 6.28. The molecule has 2 aliphatic heterocycles. The van der Waals surface area contributed by atoms with E-state index in [9.17, 15) is 14.9 Å². The molecule has 2 aromatic heterocycles. The van der Waals surface area contributed by atoms with Crippen molar-refractivity contribution in [3.63, 3.8) is 0 Å². The molecular formula is C46H53ClN7O8S+. The molecule has 332 valence electrons. The first-order valence-corrected chi connectivity index (χ1v) is 23.1. The highest BCUT2D eigenvalue weighted by molar-refractivity contribution is 7.91. The molecule has 3 aliphatic rings. The third-order valence-electron chi connectivity index (χ3n) is 12.7. The molecule has 1 aliphatic carbocycles. The van der Waals surface area contributed by atoms with Crippen LogP contribution in [0.3, 0.4) is 0 Å². The van der Waals surface area contributed by atoms with Gasteiger partial charge in [0.05, 0.1) is 35.9 Å². The predicted molar refractivity (Wildman–Crippen MR) is 243 cm³/mol. The van der Waals surface area contributed by atoms with Crippen molar-refractivity contribution in [2.45, 2.75) is 51.0 Å². The molecule has 17 heteroatoms. The Labute approximate surface area is 372 Å². The minimum Gasteiger partial charge on any atom is -0.485 e. The van der Waals surface area contributed by atoms with E-state index in [1.54, 1.807) is 18.3 Å². The largest absolute Gasteiger partial charge is 0.485 e. The fraction of sp³-hybridized carbons (Fsp3) is 0.391. The van der Waals surface area contributed by atoms with Crippen LogP contribution in [0, 0.1) is 15.5 Å². The standard InChI is InChI=1S/C46H52ClN7O8S/c1-4-52-19-22-60-29-35(52)30-61-42-12-10-38(25-41(42)53(56)57)63(58,59)54(36-9-11-39(44(48)55)43(24-36)62-37-23-32-14-16-49-45(32)50-27-37)20-17-51(18-21-54)28-33-13-15-46(2,3)26-40(33)31-5-7-34(47)8-6-31/h5-12,14,16,23-25,27,35H,4,13,15,17-22,26,28-30H2,1-3H3,(H2-,48,49,50,55)/p+1. The Bertz CT molecular complexity index is 2660. The van der Waals surface area contributed by atoms with Gasteiger partial charge in [0, 0.05) is 61.0 Å². The highest BCUT2D eigenvalue weighted by atomic mass is 35.5. The van der Waals surface area contributed by atoms with E-state index in [1.165, 1.54) is 41.6 Å². The second-order valence-corrected chi connectivity index (χ2v) is 19.9. The van der Waals surface area contributed by atoms with E-state index in [2.05, 4.69) is 45.7 Å². The minimum atomic E-state index is -4.46. The number of pyridine rings is 1. The van der Waals surface area contributed by atoms with Crippen molar-refractivity contribution in [1.82, 2.24) is 23.7 Å². The number of amides is 1. The number of sulfonamides is 1. The first kappa shape index (κ1) is 44.3. The molecule has 0 saturated carbocycles. The van der Waals surface area contributed by atoms with Crippen molar-refractivity contribution >= 4 is 55.5 Å². The second kappa shape index (κ2) is 18.0. The van der Waals surface area contributed by atoms with Crippen LogP contribution >= 0.6 is 11.6 Å². The lowest BCUT2D eigenvalue weighted by Gasteiger charge is -2.43. The zero-order valence-electron chi connectivity index (χ0n) is 35.7. The Morgan fingerprint density at radius 1 is 1.06 bits per heavy atom. The van der Waals surface area contributed by atoms with Crippen LogP contribution in [0.2, 0.25) is 5.02 Å². The number of ether oxygens (including phenoxy) is 3. The van der Waals surface area contributed by atoms with Crippen molar-refractivity contribution in [3.8, 4) is 17.2 Å². The van der Waals surface area contributed by atoms with Crippen molar-refractivity contribution < 1.29 is 32.3 Å². The van der Waals surface area contributed by atoms with Crippen LogP contribution in [0.4, 0.5) is 11.4 Å². The van der Waals surface area contributed by atoms with E-state index < -0.39 is 30.4 Å². The normalized spacial score (nSPS) is 19.5. The van der Waals surface area contributed by atoms with Crippen LogP contribution in [0.1, 0.15) is 56.0 Å². The summed E-state index contributed by atoms with van der Waals surface area (Å²) in [5.41, 5.74) is 10.2. The molecule has 2 fully saturated rings. The summed E-state index contributed by atoms with van der Waals surface area (Å²) in [4.78, 5) is 36.4. The van der Waals surface area contributed by atoms with Gasteiger partial charge < -0.3 is 24.9 Å². The summed E-state index contributed by atoms with van der Waals surface area (Å²) in [5, 5.41) is 14.0. The highest BCUT2D eigenvalue weighted by Gasteiger charge is 2.49. The Balaban J connectivity index is 1.16. The number of hydrogen-bond donors (Lipinski definition) is 2. The molecule has 0 bridgehead atoms. The minimum absolute atomic E-state index is 0.0353. The number of likely N-dealkylation sites (N-methyl/N-ethyl adjacent to an activating group) is 1. The molecule has 3 N–H and O–H groups in total. The number of nitrogens with one attached hydrogen (secondary N) is 1. The molecule has 8 rings (SSSR count). The average Bonchev–Trinajstić information content (AvgIpc) is 3.75. The Hall–Kier alpha value is -5.36.